The monoisotopic (exact) mass is 258 g/mol. The molecule has 5 nitrogen and oxygen atoms in total. The molecule has 0 saturated carbocycles. The molecular weight excluding hydrogens is 240 g/mol. The van der Waals surface area contributed by atoms with Crippen LogP contribution in [0.5, 0.6) is 0 Å². The number of carbonyl (C=O) groups is 1. The van der Waals surface area contributed by atoms with Gasteiger partial charge in [-0.15, -0.1) is 0 Å². The van der Waals surface area contributed by atoms with Crippen LogP contribution in [-0.2, 0) is 5.41 Å². The second-order valence-corrected chi connectivity index (χ2v) is 5.13. The van der Waals surface area contributed by atoms with Crippen LogP contribution >= 0.6 is 0 Å². The Labute approximate surface area is 112 Å². The number of aromatic amines is 1. The lowest BCUT2D eigenvalue weighted by molar-refractivity contribution is 0.0946. The minimum Gasteiger partial charge on any atom is -0.383 e. The molecule has 100 valence electrons. The van der Waals surface area contributed by atoms with E-state index < -0.39 is 0 Å². The molecule has 1 aromatic carbocycles. The summed E-state index contributed by atoms with van der Waals surface area (Å²) in [6, 6.07) is 10.1. The molecule has 0 atom stereocenters. The maximum absolute atomic E-state index is 12.0. The van der Waals surface area contributed by atoms with E-state index in [-0.39, 0.29) is 17.1 Å². The highest BCUT2D eigenvalue weighted by Crippen LogP contribution is 2.21. The minimum absolute atomic E-state index is 0.143. The van der Waals surface area contributed by atoms with Gasteiger partial charge < -0.3 is 11.1 Å². The number of benzene rings is 1. The number of anilines is 1. The van der Waals surface area contributed by atoms with Crippen molar-refractivity contribution in [2.24, 2.45) is 0 Å². The van der Waals surface area contributed by atoms with Crippen LogP contribution in [0.2, 0.25) is 0 Å². The molecule has 1 amide bonds. The molecule has 0 fully saturated rings. The Kier molecular flexibility index (Phi) is 3.55. The van der Waals surface area contributed by atoms with Crippen LogP contribution in [0.1, 0.15) is 29.8 Å². The lowest BCUT2D eigenvalue weighted by Gasteiger charge is -2.25. The zero-order valence-corrected chi connectivity index (χ0v) is 11.1. The van der Waals surface area contributed by atoms with Crippen molar-refractivity contribution in [1.82, 2.24) is 15.5 Å². The summed E-state index contributed by atoms with van der Waals surface area (Å²) in [5.74, 6) is 0.0743. The van der Waals surface area contributed by atoms with Crippen LogP contribution in [0.4, 0.5) is 5.82 Å². The third-order valence-electron chi connectivity index (χ3n) is 3.16. The summed E-state index contributed by atoms with van der Waals surface area (Å²) in [6.45, 7) is 4.70. The predicted molar refractivity (Wildman–Crippen MR) is 74.8 cm³/mol. The predicted octanol–water partition coefficient (Wildman–Crippen LogP) is 1.70. The molecule has 4 N–H and O–H groups in total. The molecule has 19 heavy (non-hydrogen) atoms. The second kappa shape index (κ2) is 5.14. The van der Waals surface area contributed by atoms with E-state index in [0.29, 0.717) is 12.1 Å². The van der Waals surface area contributed by atoms with Gasteiger partial charge in [0.1, 0.15) is 11.4 Å². The first kappa shape index (κ1) is 13.1. The van der Waals surface area contributed by atoms with Gasteiger partial charge in [0.25, 0.3) is 5.91 Å². The van der Waals surface area contributed by atoms with Gasteiger partial charge in [-0.3, -0.25) is 9.89 Å². The van der Waals surface area contributed by atoms with Gasteiger partial charge in [-0.1, -0.05) is 44.2 Å². The summed E-state index contributed by atoms with van der Waals surface area (Å²) in [7, 11) is 0. The molecule has 0 aliphatic heterocycles. The van der Waals surface area contributed by atoms with Gasteiger partial charge in [-0.05, 0) is 5.56 Å². The van der Waals surface area contributed by atoms with Crippen LogP contribution in [0.15, 0.2) is 36.5 Å². The number of nitrogen functional groups attached to an aromatic ring is 1. The van der Waals surface area contributed by atoms with E-state index in [2.05, 4.69) is 41.5 Å². The normalized spacial score (nSPS) is 11.3. The third-order valence-corrected chi connectivity index (χ3v) is 3.16. The highest BCUT2D eigenvalue weighted by atomic mass is 16.1. The fraction of sp³-hybridized carbons (Fsp3) is 0.286. The summed E-state index contributed by atoms with van der Waals surface area (Å²) >= 11 is 0. The van der Waals surface area contributed by atoms with Crippen LogP contribution in [0.3, 0.4) is 0 Å². The van der Waals surface area contributed by atoms with Gasteiger partial charge in [0.2, 0.25) is 0 Å². The Morgan fingerprint density at radius 3 is 2.63 bits per heavy atom. The maximum Gasteiger partial charge on any atom is 0.256 e. The number of aromatic nitrogens is 2. The number of rotatable bonds is 4. The summed E-state index contributed by atoms with van der Waals surface area (Å²) in [4.78, 5) is 12.0. The average molecular weight is 258 g/mol. The number of nitrogens with one attached hydrogen (secondary N) is 2. The first-order valence-electron chi connectivity index (χ1n) is 6.13. The Balaban J connectivity index is 2.03. The van der Waals surface area contributed by atoms with Crippen molar-refractivity contribution in [1.29, 1.82) is 0 Å². The van der Waals surface area contributed by atoms with Gasteiger partial charge in [-0.2, -0.15) is 5.10 Å². The van der Waals surface area contributed by atoms with Crippen molar-refractivity contribution in [2.45, 2.75) is 19.3 Å². The molecule has 0 unspecified atom stereocenters. The summed E-state index contributed by atoms with van der Waals surface area (Å²) < 4.78 is 0. The molecule has 0 aliphatic carbocycles. The summed E-state index contributed by atoms with van der Waals surface area (Å²) in [5.41, 5.74) is 7.02. The Morgan fingerprint density at radius 1 is 1.37 bits per heavy atom. The van der Waals surface area contributed by atoms with Crippen LogP contribution in [0, 0.1) is 0 Å². The number of H-pyrrole nitrogens is 1. The molecule has 1 heterocycles. The Morgan fingerprint density at radius 2 is 2.05 bits per heavy atom. The standard InChI is InChI=1S/C14H18N4O/c1-14(2,10-6-4-3-5-7-10)9-16-13(19)11-8-17-18-12(11)15/h3-8H,9H2,1-2H3,(H,16,19)(H3,15,17,18). The van der Waals surface area contributed by atoms with Crippen molar-refractivity contribution in [3.05, 3.63) is 47.7 Å². The van der Waals surface area contributed by atoms with Gasteiger partial charge in [0, 0.05) is 12.0 Å². The number of nitrogens with two attached hydrogens (primary N) is 1. The quantitative estimate of drug-likeness (QED) is 0.780. The molecule has 0 spiro atoms. The van der Waals surface area contributed by atoms with E-state index in [1.807, 2.05) is 18.2 Å². The van der Waals surface area contributed by atoms with E-state index in [1.165, 1.54) is 11.8 Å². The Hall–Kier alpha value is -2.30. The van der Waals surface area contributed by atoms with E-state index in [0.717, 1.165) is 0 Å². The molecule has 0 bridgehead atoms. The van der Waals surface area contributed by atoms with E-state index >= 15 is 0 Å². The summed E-state index contributed by atoms with van der Waals surface area (Å²) in [6.07, 6.45) is 1.43. The third kappa shape index (κ3) is 2.93. The van der Waals surface area contributed by atoms with Crippen molar-refractivity contribution in [3.63, 3.8) is 0 Å². The number of hydrogen-bond donors (Lipinski definition) is 3. The minimum atomic E-state index is -0.213. The van der Waals surface area contributed by atoms with Gasteiger partial charge in [-0.25, -0.2) is 0 Å². The van der Waals surface area contributed by atoms with E-state index in [4.69, 9.17) is 5.73 Å². The average Bonchev–Trinajstić information content (AvgIpc) is 2.83. The van der Waals surface area contributed by atoms with E-state index in [1.54, 1.807) is 0 Å². The number of carbonyl (C=O) groups excluding carboxylic acids is 1. The molecule has 0 saturated heterocycles. The highest BCUT2D eigenvalue weighted by Gasteiger charge is 2.22. The summed E-state index contributed by atoms with van der Waals surface area (Å²) in [5, 5.41) is 9.17. The number of hydrogen-bond acceptors (Lipinski definition) is 3. The maximum atomic E-state index is 12.0. The SMILES string of the molecule is CC(C)(CNC(=O)c1cn[nH]c1N)c1ccccc1. The molecule has 2 aromatic rings. The van der Waals surface area contributed by atoms with Crippen LogP contribution < -0.4 is 11.1 Å². The van der Waals surface area contributed by atoms with Crippen molar-refractivity contribution < 1.29 is 4.79 Å². The topological polar surface area (TPSA) is 83.8 Å². The number of amides is 1. The fourth-order valence-electron chi connectivity index (χ4n) is 1.86. The van der Waals surface area contributed by atoms with Gasteiger partial charge >= 0.3 is 0 Å². The Bertz CT molecular complexity index is 560. The van der Waals surface area contributed by atoms with E-state index in [9.17, 15) is 4.79 Å². The first-order valence-corrected chi connectivity index (χ1v) is 6.13. The molecule has 0 aliphatic rings. The molecule has 1 aromatic heterocycles. The lowest BCUT2D eigenvalue weighted by Crippen LogP contribution is -2.36. The van der Waals surface area contributed by atoms with Gasteiger partial charge in [0.05, 0.1) is 6.20 Å². The highest BCUT2D eigenvalue weighted by molar-refractivity contribution is 5.98. The van der Waals surface area contributed by atoms with Crippen molar-refractivity contribution >= 4 is 11.7 Å². The molecule has 0 radical (unpaired) electrons. The molecule has 2 rings (SSSR count). The van der Waals surface area contributed by atoms with Crippen LogP contribution in [-0.4, -0.2) is 22.6 Å². The van der Waals surface area contributed by atoms with Crippen molar-refractivity contribution in [2.75, 3.05) is 12.3 Å². The van der Waals surface area contributed by atoms with Crippen LogP contribution in [0.25, 0.3) is 0 Å². The number of nitrogens with zero attached hydrogens (tertiary/aromatic N) is 1. The zero-order chi connectivity index (χ0) is 13.9. The lowest BCUT2D eigenvalue weighted by atomic mass is 9.84. The molecule has 5 heteroatoms. The van der Waals surface area contributed by atoms with Crippen molar-refractivity contribution in [3.8, 4) is 0 Å². The zero-order valence-electron chi connectivity index (χ0n) is 11.1. The fourth-order valence-corrected chi connectivity index (χ4v) is 1.86. The largest absolute Gasteiger partial charge is 0.383 e. The smallest absolute Gasteiger partial charge is 0.256 e. The second-order valence-electron chi connectivity index (χ2n) is 5.13. The molecular formula is C14H18N4O. The van der Waals surface area contributed by atoms with Gasteiger partial charge in [0.15, 0.2) is 0 Å². The first-order chi connectivity index (χ1) is 9.00.